The van der Waals surface area contributed by atoms with Crippen LogP contribution in [-0.2, 0) is 14.8 Å². The first-order chi connectivity index (χ1) is 10.1. The Morgan fingerprint density at radius 1 is 1.14 bits per heavy atom. The summed E-state index contributed by atoms with van der Waals surface area (Å²) in [6, 6.07) is 5.95. The lowest BCUT2D eigenvalue weighted by molar-refractivity contribution is -0.186. The van der Waals surface area contributed by atoms with Gasteiger partial charge in [-0.15, -0.1) is 0 Å². The van der Waals surface area contributed by atoms with Crippen LogP contribution >= 0.6 is 0 Å². The number of carbonyl (C=O) groups is 1. The van der Waals surface area contributed by atoms with Crippen molar-refractivity contribution in [3.05, 3.63) is 29.8 Å². The van der Waals surface area contributed by atoms with E-state index in [0.29, 0.717) is 12.8 Å². The number of rotatable bonds is 2. The maximum atomic E-state index is 12.4. The standard InChI is InChI=1S/C13H15F3N2O3S/c14-13(15,16)12(19)18-7-5-10(6-8-18)9-1-3-11(4-2-9)22(17,20)21/h1-4,10H,5-8H2,(H2,17,20,21). The zero-order valence-corrected chi connectivity index (χ0v) is 12.3. The van der Waals surface area contributed by atoms with Gasteiger partial charge < -0.3 is 4.90 Å². The predicted molar refractivity (Wildman–Crippen MR) is 72.4 cm³/mol. The molecule has 122 valence electrons. The SMILES string of the molecule is NS(=O)(=O)c1ccc(C2CCN(C(=O)C(F)(F)F)CC2)cc1. The van der Waals surface area contributed by atoms with Gasteiger partial charge in [-0.3, -0.25) is 4.79 Å². The fourth-order valence-electron chi connectivity index (χ4n) is 2.52. The van der Waals surface area contributed by atoms with Crippen LogP contribution in [0.3, 0.4) is 0 Å². The number of halogens is 3. The molecule has 1 aliphatic heterocycles. The van der Waals surface area contributed by atoms with E-state index >= 15 is 0 Å². The van der Waals surface area contributed by atoms with Crippen molar-refractivity contribution in [2.45, 2.75) is 29.8 Å². The summed E-state index contributed by atoms with van der Waals surface area (Å²) >= 11 is 0. The van der Waals surface area contributed by atoms with Gasteiger partial charge in [0.2, 0.25) is 10.0 Å². The zero-order valence-electron chi connectivity index (χ0n) is 11.5. The van der Waals surface area contributed by atoms with Gasteiger partial charge in [0.05, 0.1) is 4.90 Å². The predicted octanol–water partition coefficient (Wildman–Crippen LogP) is 1.60. The lowest BCUT2D eigenvalue weighted by atomic mass is 9.89. The van der Waals surface area contributed by atoms with Crippen LogP contribution in [-0.4, -0.2) is 38.5 Å². The molecule has 5 nitrogen and oxygen atoms in total. The van der Waals surface area contributed by atoms with Crippen molar-refractivity contribution in [1.82, 2.24) is 4.90 Å². The highest BCUT2D eigenvalue weighted by Gasteiger charge is 2.43. The lowest BCUT2D eigenvalue weighted by Crippen LogP contribution is -2.45. The van der Waals surface area contributed by atoms with Gasteiger partial charge in [0, 0.05) is 13.1 Å². The molecule has 9 heteroatoms. The Bertz CT molecular complexity index is 648. The van der Waals surface area contributed by atoms with Crippen molar-refractivity contribution in [3.8, 4) is 0 Å². The van der Waals surface area contributed by atoms with Gasteiger partial charge in [-0.1, -0.05) is 12.1 Å². The average molecular weight is 336 g/mol. The molecule has 1 heterocycles. The molecule has 0 saturated carbocycles. The number of nitrogens with zero attached hydrogens (tertiary/aromatic N) is 1. The Morgan fingerprint density at radius 2 is 1.64 bits per heavy atom. The first-order valence-electron chi connectivity index (χ1n) is 6.58. The number of benzene rings is 1. The number of carbonyl (C=O) groups excluding carboxylic acids is 1. The molecule has 0 aromatic heterocycles. The van der Waals surface area contributed by atoms with Gasteiger partial charge in [0.1, 0.15) is 0 Å². The maximum absolute atomic E-state index is 12.4. The number of hydrogen-bond donors (Lipinski definition) is 1. The second-order valence-corrected chi connectivity index (χ2v) is 6.74. The molecule has 0 radical (unpaired) electrons. The average Bonchev–Trinajstić information content (AvgIpc) is 2.45. The van der Waals surface area contributed by atoms with Gasteiger partial charge in [0.25, 0.3) is 0 Å². The molecule has 0 atom stereocenters. The van der Waals surface area contributed by atoms with Crippen LogP contribution in [0.2, 0.25) is 0 Å². The number of nitrogens with two attached hydrogens (primary N) is 1. The summed E-state index contributed by atoms with van der Waals surface area (Å²) in [7, 11) is -3.76. The summed E-state index contributed by atoms with van der Waals surface area (Å²) in [5.41, 5.74) is 0.825. The van der Waals surface area contributed by atoms with Crippen LogP contribution < -0.4 is 5.14 Å². The number of primary sulfonamides is 1. The first-order valence-corrected chi connectivity index (χ1v) is 8.12. The number of alkyl halides is 3. The second kappa shape index (κ2) is 5.88. The Morgan fingerprint density at radius 3 is 2.05 bits per heavy atom. The van der Waals surface area contributed by atoms with Gasteiger partial charge in [-0.25, -0.2) is 13.6 Å². The number of hydrogen-bond acceptors (Lipinski definition) is 3. The monoisotopic (exact) mass is 336 g/mol. The Kier molecular flexibility index (Phi) is 4.48. The van der Waals surface area contributed by atoms with Crippen molar-refractivity contribution in [1.29, 1.82) is 0 Å². The van der Waals surface area contributed by atoms with E-state index in [9.17, 15) is 26.4 Å². The molecule has 1 aromatic rings. The molecule has 1 aliphatic rings. The minimum absolute atomic E-state index is 0.00758. The third-order valence-electron chi connectivity index (χ3n) is 3.70. The Balaban J connectivity index is 2.02. The van der Waals surface area contributed by atoms with Gasteiger partial charge in [-0.05, 0) is 36.5 Å². The zero-order chi connectivity index (χ0) is 16.5. The topological polar surface area (TPSA) is 80.5 Å². The normalized spacial score (nSPS) is 17.5. The van der Waals surface area contributed by atoms with E-state index in [1.54, 1.807) is 12.1 Å². The lowest BCUT2D eigenvalue weighted by Gasteiger charge is -2.32. The Labute approximate surface area is 125 Å². The van der Waals surface area contributed by atoms with Crippen LogP contribution in [0.1, 0.15) is 24.3 Å². The molecule has 1 amide bonds. The molecule has 1 saturated heterocycles. The summed E-state index contributed by atoms with van der Waals surface area (Å²) in [4.78, 5) is 11.9. The minimum atomic E-state index is -4.84. The van der Waals surface area contributed by atoms with E-state index in [-0.39, 0.29) is 23.9 Å². The largest absolute Gasteiger partial charge is 0.471 e. The highest BCUT2D eigenvalue weighted by molar-refractivity contribution is 7.89. The summed E-state index contributed by atoms with van der Waals surface area (Å²) in [5, 5.41) is 5.00. The van der Waals surface area contributed by atoms with Gasteiger partial charge in [-0.2, -0.15) is 13.2 Å². The quantitative estimate of drug-likeness (QED) is 0.891. The molecule has 1 aromatic carbocycles. The van der Waals surface area contributed by atoms with Gasteiger partial charge >= 0.3 is 12.1 Å². The second-order valence-electron chi connectivity index (χ2n) is 5.18. The molecule has 22 heavy (non-hydrogen) atoms. The fraction of sp³-hybridized carbons (Fsp3) is 0.462. The first kappa shape index (κ1) is 16.8. The van der Waals surface area contributed by atoms with Crippen LogP contribution in [0.4, 0.5) is 13.2 Å². The summed E-state index contributed by atoms with van der Waals surface area (Å²) in [6.45, 7) is 0.0555. The molecule has 2 N–H and O–H groups in total. The summed E-state index contributed by atoms with van der Waals surface area (Å²) in [5.74, 6) is -1.82. The van der Waals surface area contributed by atoms with E-state index in [1.807, 2.05) is 0 Å². The molecular weight excluding hydrogens is 321 g/mol. The number of likely N-dealkylation sites (tertiary alicyclic amines) is 1. The minimum Gasteiger partial charge on any atom is -0.335 e. The van der Waals surface area contributed by atoms with Crippen molar-refractivity contribution in [2.24, 2.45) is 5.14 Å². The molecule has 1 fully saturated rings. The molecule has 0 bridgehead atoms. The maximum Gasteiger partial charge on any atom is 0.471 e. The molecule has 0 unspecified atom stereocenters. The highest BCUT2D eigenvalue weighted by atomic mass is 32.2. The summed E-state index contributed by atoms with van der Waals surface area (Å²) in [6.07, 6.45) is -4.04. The molecule has 0 spiro atoms. The van der Waals surface area contributed by atoms with Crippen molar-refractivity contribution < 1.29 is 26.4 Å². The molecule has 2 rings (SSSR count). The molecular formula is C13H15F3N2O3S. The van der Waals surface area contributed by atoms with Gasteiger partial charge in [0.15, 0.2) is 0 Å². The fourth-order valence-corrected chi connectivity index (χ4v) is 3.04. The number of sulfonamides is 1. The smallest absolute Gasteiger partial charge is 0.335 e. The third-order valence-corrected chi connectivity index (χ3v) is 4.63. The van der Waals surface area contributed by atoms with E-state index in [0.717, 1.165) is 10.5 Å². The van der Waals surface area contributed by atoms with Crippen molar-refractivity contribution >= 4 is 15.9 Å². The number of amides is 1. The van der Waals surface area contributed by atoms with E-state index in [2.05, 4.69) is 0 Å². The van der Waals surface area contributed by atoms with E-state index in [4.69, 9.17) is 5.14 Å². The highest BCUT2D eigenvalue weighted by Crippen LogP contribution is 2.30. The summed E-state index contributed by atoms with van der Waals surface area (Å²) < 4.78 is 59.4. The van der Waals surface area contributed by atoms with Crippen LogP contribution in [0.15, 0.2) is 29.2 Å². The van der Waals surface area contributed by atoms with Crippen LogP contribution in [0.25, 0.3) is 0 Å². The van der Waals surface area contributed by atoms with E-state index < -0.39 is 22.1 Å². The number of piperidine rings is 1. The van der Waals surface area contributed by atoms with Crippen LogP contribution in [0, 0.1) is 0 Å². The molecule has 0 aliphatic carbocycles. The van der Waals surface area contributed by atoms with Crippen molar-refractivity contribution in [3.63, 3.8) is 0 Å². The van der Waals surface area contributed by atoms with Crippen LogP contribution in [0.5, 0.6) is 0 Å². The van der Waals surface area contributed by atoms with E-state index in [1.165, 1.54) is 12.1 Å². The third kappa shape index (κ3) is 3.77. The Hall–Kier alpha value is -1.61. The van der Waals surface area contributed by atoms with Crippen molar-refractivity contribution in [2.75, 3.05) is 13.1 Å².